The van der Waals surface area contributed by atoms with E-state index in [1.807, 2.05) is 0 Å². The number of halogens is 1. The molecule has 3 amide bonds. The average Bonchev–Trinajstić information content (AvgIpc) is 3.37. The van der Waals surface area contributed by atoms with Crippen molar-refractivity contribution < 1.29 is 27.1 Å². The maximum absolute atomic E-state index is 13.5. The predicted octanol–water partition coefficient (Wildman–Crippen LogP) is 5.47. The zero-order valence-corrected chi connectivity index (χ0v) is 24.7. The van der Waals surface area contributed by atoms with Gasteiger partial charge in [-0.1, -0.05) is 18.2 Å². The molecule has 0 bridgehead atoms. The minimum atomic E-state index is -3.99. The van der Waals surface area contributed by atoms with Crippen LogP contribution in [0.4, 0.5) is 19.7 Å². The van der Waals surface area contributed by atoms with Crippen LogP contribution in [0.5, 0.6) is 0 Å². The number of carbonyl (C=O) groups excluding carboxylic acids is 2. The Morgan fingerprint density at radius 2 is 1.78 bits per heavy atom. The van der Waals surface area contributed by atoms with Gasteiger partial charge in [-0.3, -0.25) is 0 Å². The van der Waals surface area contributed by atoms with Crippen LogP contribution >= 0.6 is 11.3 Å². The van der Waals surface area contributed by atoms with E-state index in [0.29, 0.717) is 28.8 Å². The molecule has 1 saturated carbocycles. The highest BCUT2D eigenvalue weighted by molar-refractivity contribution is 7.89. The fourth-order valence-electron chi connectivity index (χ4n) is 4.64. The number of primary amides is 1. The van der Waals surface area contributed by atoms with Gasteiger partial charge in [0.15, 0.2) is 0 Å². The monoisotopic (exact) mass is 603 g/mol. The predicted molar refractivity (Wildman–Crippen MR) is 156 cm³/mol. The number of thiazole rings is 1. The minimum absolute atomic E-state index is 0.0116. The van der Waals surface area contributed by atoms with Crippen molar-refractivity contribution in [1.29, 1.82) is 0 Å². The lowest BCUT2D eigenvalue weighted by Crippen LogP contribution is -2.40. The van der Waals surface area contributed by atoms with Crippen molar-refractivity contribution in [2.45, 2.75) is 75.5 Å². The number of benzene rings is 2. The number of aromatic nitrogens is 1. The third-order valence-electron chi connectivity index (χ3n) is 6.43. The number of urea groups is 1. The SMILES string of the molecule is CC(C)(C)NS(=O)(=O)c1cc(NC(=O)NCc2ccc(F)cc2)ccc1-c1cnc([C@H]2CC[C@H](OC(N)=O)CC2)s1. The number of carbonyl (C=O) groups is 2. The van der Waals surface area contributed by atoms with Gasteiger partial charge in [0.2, 0.25) is 10.0 Å². The second kappa shape index (κ2) is 12.5. The van der Waals surface area contributed by atoms with Gasteiger partial charge in [0.05, 0.1) is 14.8 Å². The second-order valence-corrected chi connectivity index (χ2v) is 13.7. The number of rotatable bonds is 8. The Balaban J connectivity index is 1.55. The van der Waals surface area contributed by atoms with Crippen LogP contribution in [0, 0.1) is 5.82 Å². The average molecular weight is 604 g/mol. The lowest BCUT2D eigenvalue weighted by atomic mass is 9.88. The van der Waals surface area contributed by atoms with Gasteiger partial charge < -0.3 is 21.1 Å². The largest absolute Gasteiger partial charge is 0.446 e. The fraction of sp³-hybridized carbons (Fsp3) is 0.393. The van der Waals surface area contributed by atoms with Crippen molar-refractivity contribution >= 4 is 39.2 Å². The van der Waals surface area contributed by atoms with Crippen LogP contribution in [0.15, 0.2) is 53.6 Å². The molecule has 13 heteroatoms. The molecule has 0 spiro atoms. The maximum atomic E-state index is 13.5. The van der Waals surface area contributed by atoms with Gasteiger partial charge in [0.25, 0.3) is 0 Å². The van der Waals surface area contributed by atoms with E-state index in [2.05, 4.69) is 20.3 Å². The fourth-order valence-corrected chi connectivity index (χ4v) is 7.49. The lowest BCUT2D eigenvalue weighted by Gasteiger charge is -2.26. The van der Waals surface area contributed by atoms with E-state index in [1.54, 1.807) is 51.2 Å². The summed E-state index contributed by atoms with van der Waals surface area (Å²) in [5, 5.41) is 6.24. The van der Waals surface area contributed by atoms with E-state index in [4.69, 9.17) is 10.5 Å². The quantitative estimate of drug-likeness (QED) is 0.268. The first-order valence-corrected chi connectivity index (χ1v) is 15.5. The van der Waals surface area contributed by atoms with Crippen molar-refractivity contribution in [1.82, 2.24) is 15.0 Å². The number of nitrogens with one attached hydrogen (secondary N) is 3. The number of hydrogen-bond acceptors (Lipinski definition) is 7. The molecule has 4 rings (SSSR count). The van der Waals surface area contributed by atoms with Crippen LogP contribution in [0.1, 0.15) is 62.9 Å². The Labute approximate surface area is 242 Å². The van der Waals surface area contributed by atoms with E-state index in [9.17, 15) is 22.4 Å². The van der Waals surface area contributed by atoms with Crippen LogP contribution < -0.4 is 21.1 Å². The number of amides is 3. The molecule has 220 valence electrons. The molecule has 0 saturated heterocycles. The Bertz CT molecular complexity index is 1490. The molecule has 10 nitrogen and oxygen atoms in total. The van der Waals surface area contributed by atoms with Crippen molar-refractivity contribution in [2.24, 2.45) is 5.73 Å². The van der Waals surface area contributed by atoms with E-state index in [1.165, 1.54) is 29.5 Å². The van der Waals surface area contributed by atoms with E-state index in [0.717, 1.165) is 17.8 Å². The molecule has 0 aliphatic heterocycles. The summed E-state index contributed by atoms with van der Waals surface area (Å²) in [4.78, 5) is 28.9. The van der Waals surface area contributed by atoms with Crippen LogP contribution in [0.2, 0.25) is 0 Å². The molecular formula is C28H34FN5O5S2. The number of nitrogens with two attached hydrogens (primary N) is 1. The lowest BCUT2D eigenvalue weighted by molar-refractivity contribution is 0.0787. The molecule has 5 N–H and O–H groups in total. The third kappa shape index (κ3) is 8.47. The van der Waals surface area contributed by atoms with Crippen molar-refractivity contribution in [3.63, 3.8) is 0 Å². The van der Waals surface area contributed by atoms with Gasteiger partial charge in [0.1, 0.15) is 11.9 Å². The number of ether oxygens (including phenoxy) is 1. The second-order valence-electron chi connectivity index (χ2n) is 11.0. The Morgan fingerprint density at radius 3 is 2.41 bits per heavy atom. The normalized spacial score (nSPS) is 17.6. The summed E-state index contributed by atoms with van der Waals surface area (Å²) in [6.45, 7) is 5.41. The highest BCUT2D eigenvalue weighted by atomic mass is 32.2. The summed E-state index contributed by atoms with van der Waals surface area (Å²) in [6.07, 6.45) is 3.61. The molecule has 1 heterocycles. The molecule has 1 aliphatic rings. The molecular weight excluding hydrogens is 569 g/mol. The number of nitrogens with zero attached hydrogens (tertiary/aromatic N) is 1. The highest BCUT2D eigenvalue weighted by Gasteiger charge is 2.29. The van der Waals surface area contributed by atoms with Crippen LogP contribution in [0.25, 0.3) is 10.4 Å². The third-order valence-corrected chi connectivity index (χ3v) is 9.42. The van der Waals surface area contributed by atoms with Gasteiger partial charge in [-0.25, -0.2) is 32.1 Å². The Kier molecular flexibility index (Phi) is 9.30. The summed E-state index contributed by atoms with van der Waals surface area (Å²) >= 11 is 1.42. The molecule has 0 radical (unpaired) electrons. The van der Waals surface area contributed by atoms with Crippen LogP contribution in [-0.2, 0) is 21.3 Å². The van der Waals surface area contributed by atoms with Crippen LogP contribution in [-0.4, -0.2) is 37.2 Å². The number of hydrogen-bond donors (Lipinski definition) is 4. The first-order valence-electron chi connectivity index (χ1n) is 13.2. The standard InChI is InChI=1S/C28H34FN5O5S2/c1-28(2,3)34-41(37,38)24-14-20(33-27(36)32-15-17-4-8-19(29)9-5-17)10-13-22(24)23-16-31-25(40-23)18-6-11-21(12-7-18)39-26(30)35/h4-5,8-10,13-14,16,18,21,34H,6-7,11-12,15H2,1-3H3,(H2,30,35)(H2,32,33,36)/t18-,21-. The minimum Gasteiger partial charge on any atom is -0.446 e. The molecule has 1 aromatic heterocycles. The number of sulfonamides is 1. The van der Waals surface area contributed by atoms with Gasteiger partial charge >= 0.3 is 12.1 Å². The molecule has 0 atom stereocenters. The summed E-state index contributed by atoms with van der Waals surface area (Å²) in [5.74, 6) is -0.203. The van der Waals surface area contributed by atoms with Crippen molar-refractivity contribution in [3.8, 4) is 10.4 Å². The molecule has 1 fully saturated rings. The maximum Gasteiger partial charge on any atom is 0.404 e. The first-order chi connectivity index (χ1) is 19.3. The summed E-state index contributed by atoms with van der Waals surface area (Å²) in [7, 11) is -3.99. The first kappa shape index (κ1) is 30.4. The molecule has 1 aliphatic carbocycles. The van der Waals surface area contributed by atoms with Gasteiger partial charge in [-0.2, -0.15) is 0 Å². The summed E-state index contributed by atoms with van der Waals surface area (Å²) < 4.78 is 48.0. The summed E-state index contributed by atoms with van der Waals surface area (Å²) in [6, 6.07) is 9.92. The molecule has 41 heavy (non-hydrogen) atoms. The molecule has 0 unspecified atom stereocenters. The number of anilines is 1. The molecule has 3 aromatic rings. The van der Waals surface area contributed by atoms with Gasteiger partial charge in [0, 0.05) is 35.4 Å². The molecule has 2 aromatic carbocycles. The topological polar surface area (TPSA) is 153 Å². The Morgan fingerprint density at radius 1 is 1.10 bits per heavy atom. The highest BCUT2D eigenvalue weighted by Crippen LogP contribution is 2.40. The van der Waals surface area contributed by atoms with E-state index in [-0.39, 0.29) is 35.0 Å². The van der Waals surface area contributed by atoms with Gasteiger partial charge in [-0.05, 0) is 76.3 Å². The zero-order chi connectivity index (χ0) is 29.8. The van der Waals surface area contributed by atoms with Crippen molar-refractivity contribution in [3.05, 3.63) is 65.0 Å². The van der Waals surface area contributed by atoms with Crippen molar-refractivity contribution in [2.75, 3.05) is 5.32 Å². The van der Waals surface area contributed by atoms with Crippen LogP contribution in [0.3, 0.4) is 0 Å². The van der Waals surface area contributed by atoms with E-state index < -0.39 is 27.7 Å². The Hall–Kier alpha value is -3.55. The summed E-state index contributed by atoms with van der Waals surface area (Å²) in [5.41, 5.74) is 5.87. The van der Waals surface area contributed by atoms with Gasteiger partial charge in [-0.15, -0.1) is 11.3 Å². The van der Waals surface area contributed by atoms with E-state index >= 15 is 0 Å². The smallest absolute Gasteiger partial charge is 0.404 e. The zero-order valence-electron chi connectivity index (χ0n) is 23.1.